The number of carbonyl (C=O) groups excluding carboxylic acids is 1. The van der Waals surface area contributed by atoms with Gasteiger partial charge in [0.2, 0.25) is 0 Å². The van der Waals surface area contributed by atoms with Crippen LogP contribution in [0.2, 0.25) is 0 Å². The molecular weight excluding hydrogens is 150 g/mol. The first-order valence-electron chi connectivity index (χ1n) is 3.98. The van der Waals surface area contributed by atoms with Gasteiger partial charge in [0, 0.05) is 0 Å². The highest BCUT2D eigenvalue weighted by Gasteiger charge is 2.12. The summed E-state index contributed by atoms with van der Waals surface area (Å²) < 4.78 is 0. The Balaban J connectivity index is 2.88. The average Bonchev–Trinajstić information content (AvgIpc) is 2.07. The van der Waals surface area contributed by atoms with E-state index in [4.69, 9.17) is 0 Å². The molecule has 1 rings (SSSR count). The van der Waals surface area contributed by atoms with E-state index in [0.717, 1.165) is 5.56 Å². The summed E-state index contributed by atoms with van der Waals surface area (Å²) in [6, 6.07) is 9.54. The van der Waals surface area contributed by atoms with Gasteiger partial charge in [-0.1, -0.05) is 30.3 Å². The van der Waals surface area contributed by atoms with Crippen molar-refractivity contribution in [2.24, 2.45) is 0 Å². The molecule has 64 valence electrons. The lowest BCUT2D eigenvalue weighted by molar-refractivity contribution is -0.119. The van der Waals surface area contributed by atoms with E-state index >= 15 is 0 Å². The highest BCUT2D eigenvalue weighted by molar-refractivity contribution is 5.82. The summed E-state index contributed by atoms with van der Waals surface area (Å²) in [5.74, 6) is 0.142. The van der Waals surface area contributed by atoms with Crippen molar-refractivity contribution in [2.45, 2.75) is 13.0 Å². The number of ketones is 1. The zero-order chi connectivity index (χ0) is 8.97. The summed E-state index contributed by atoms with van der Waals surface area (Å²) in [6.07, 6.45) is 0. The molecule has 0 aliphatic heterocycles. The maximum Gasteiger partial charge on any atom is 0.151 e. The van der Waals surface area contributed by atoms with E-state index in [-0.39, 0.29) is 11.8 Å². The minimum absolute atomic E-state index is 0.142. The van der Waals surface area contributed by atoms with E-state index in [9.17, 15) is 4.79 Å². The van der Waals surface area contributed by atoms with Crippen molar-refractivity contribution in [3.05, 3.63) is 35.9 Å². The lowest BCUT2D eigenvalue weighted by atomic mass is 10.0. The smallest absolute Gasteiger partial charge is 0.151 e. The number of nitrogens with one attached hydrogen (secondary N) is 1. The van der Waals surface area contributed by atoms with E-state index < -0.39 is 0 Å². The first-order valence-corrected chi connectivity index (χ1v) is 3.98. The van der Waals surface area contributed by atoms with Crippen LogP contribution in [0.5, 0.6) is 0 Å². The molecule has 2 heteroatoms. The van der Waals surface area contributed by atoms with E-state index in [1.54, 1.807) is 14.0 Å². The van der Waals surface area contributed by atoms with Crippen molar-refractivity contribution in [1.82, 2.24) is 5.32 Å². The average molecular weight is 163 g/mol. The van der Waals surface area contributed by atoms with Crippen molar-refractivity contribution in [3.8, 4) is 0 Å². The molecule has 0 aliphatic rings. The number of rotatable bonds is 3. The van der Waals surface area contributed by atoms with Crippen LogP contribution in [0.25, 0.3) is 0 Å². The topological polar surface area (TPSA) is 29.1 Å². The number of benzene rings is 1. The summed E-state index contributed by atoms with van der Waals surface area (Å²) in [6.45, 7) is 1.59. The maximum absolute atomic E-state index is 11.1. The molecule has 0 amide bonds. The molecule has 2 nitrogen and oxygen atoms in total. The molecule has 0 radical (unpaired) electrons. The highest BCUT2D eigenvalue weighted by Crippen LogP contribution is 2.11. The number of hydrogen-bond acceptors (Lipinski definition) is 2. The Morgan fingerprint density at radius 2 is 1.92 bits per heavy atom. The second kappa shape index (κ2) is 4.02. The van der Waals surface area contributed by atoms with Gasteiger partial charge in [0.05, 0.1) is 6.04 Å². The predicted octanol–water partition coefficient (Wildman–Crippen LogP) is 1.54. The quantitative estimate of drug-likeness (QED) is 0.732. The van der Waals surface area contributed by atoms with Gasteiger partial charge in [-0.3, -0.25) is 4.79 Å². The molecule has 0 heterocycles. The van der Waals surface area contributed by atoms with Gasteiger partial charge in [0.1, 0.15) is 0 Å². The van der Waals surface area contributed by atoms with E-state index in [0.29, 0.717) is 0 Å². The van der Waals surface area contributed by atoms with Crippen LogP contribution in [0.3, 0.4) is 0 Å². The zero-order valence-corrected chi connectivity index (χ0v) is 7.37. The third-order valence-electron chi connectivity index (χ3n) is 1.83. The fourth-order valence-electron chi connectivity index (χ4n) is 1.25. The monoisotopic (exact) mass is 163 g/mol. The summed E-state index contributed by atoms with van der Waals surface area (Å²) in [7, 11) is 1.79. The van der Waals surface area contributed by atoms with E-state index in [1.807, 2.05) is 30.3 Å². The van der Waals surface area contributed by atoms with Crippen molar-refractivity contribution in [3.63, 3.8) is 0 Å². The third-order valence-corrected chi connectivity index (χ3v) is 1.83. The molecule has 1 atom stereocenters. The van der Waals surface area contributed by atoms with Crippen LogP contribution in [0.15, 0.2) is 30.3 Å². The molecule has 0 bridgehead atoms. The number of Topliss-reactive ketones (excluding diaryl/α,β-unsaturated/α-hetero) is 1. The number of carbonyl (C=O) groups is 1. The van der Waals surface area contributed by atoms with Gasteiger partial charge in [-0.25, -0.2) is 0 Å². The highest BCUT2D eigenvalue weighted by atomic mass is 16.1. The largest absolute Gasteiger partial charge is 0.307 e. The molecule has 0 aliphatic carbocycles. The van der Waals surface area contributed by atoms with Crippen LogP contribution >= 0.6 is 0 Å². The standard InChI is InChI=1S/C10H13NO/c1-8(12)10(11-2)9-6-4-3-5-7-9/h3-7,10-11H,1-2H3/t10-/m1/s1. The molecule has 0 saturated carbocycles. The molecule has 12 heavy (non-hydrogen) atoms. The van der Waals surface area contributed by atoms with Crippen molar-refractivity contribution in [2.75, 3.05) is 7.05 Å². The molecule has 1 aromatic rings. The van der Waals surface area contributed by atoms with Gasteiger partial charge in [-0.15, -0.1) is 0 Å². The molecule has 0 unspecified atom stereocenters. The van der Waals surface area contributed by atoms with Gasteiger partial charge in [-0.2, -0.15) is 0 Å². The van der Waals surface area contributed by atoms with Gasteiger partial charge in [-0.05, 0) is 19.5 Å². The number of hydrogen-bond donors (Lipinski definition) is 1. The minimum Gasteiger partial charge on any atom is -0.307 e. The number of likely N-dealkylation sites (N-methyl/N-ethyl adjacent to an activating group) is 1. The van der Waals surface area contributed by atoms with E-state index in [1.165, 1.54) is 0 Å². The molecule has 0 spiro atoms. The maximum atomic E-state index is 11.1. The van der Waals surface area contributed by atoms with Gasteiger partial charge in [0.15, 0.2) is 5.78 Å². The predicted molar refractivity (Wildman–Crippen MR) is 48.9 cm³/mol. The Morgan fingerprint density at radius 3 is 2.33 bits per heavy atom. The Morgan fingerprint density at radius 1 is 1.33 bits per heavy atom. The normalized spacial score (nSPS) is 12.5. The third kappa shape index (κ3) is 1.92. The van der Waals surface area contributed by atoms with Crippen LogP contribution in [0.4, 0.5) is 0 Å². The fraction of sp³-hybridized carbons (Fsp3) is 0.300. The Labute approximate surface area is 72.6 Å². The molecule has 1 aromatic carbocycles. The van der Waals surface area contributed by atoms with Crippen LogP contribution in [-0.4, -0.2) is 12.8 Å². The van der Waals surface area contributed by atoms with Gasteiger partial charge < -0.3 is 5.32 Å². The summed E-state index contributed by atoms with van der Waals surface area (Å²) >= 11 is 0. The lowest BCUT2D eigenvalue weighted by Gasteiger charge is -2.12. The van der Waals surface area contributed by atoms with Crippen LogP contribution < -0.4 is 5.32 Å². The van der Waals surface area contributed by atoms with Crippen molar-refractivity contribution < 1.29 is 4.79 Å². The van der Waals surface area contributed by atoms with Crippen molar-refractivity contribution >= 4 is 5.78 Å². The van der Waals surface area contributed by atoms with E-state index in [2.05, 4.69) is 5.32 Å². The molecule has 0 fully saturated rings. The fourth-order valence-corrected chi connectivity index (χ4v) is 1.25. The molecule has 0 aromatic heterocycles. The first kappa shape index (κ1) is 8.94. The second-order valence-corrected chi connectivity index (χ2v) is 2.74. The van der Waals surface area contributed by atoms with Crippen LogP contribution in [-0.2, 0) is 4.79 Å². The Bertz CT molecular complexity index is 256. The second-order valence-electron chi connectivity index (χ2n) is 2.74. The van der Waals surface area contributed by atoms with Crippen LogP contribution in [0, 0.1) is 0 Å². The first-order chi connectivity index (χ1) is 5.75. The molecular formula is C10H13NO. The van der Waals surface area contributed by atoms with Gasteiger partial charge >= 0.3 is 0 Å². The Hall–Kier alpha value is -1.15. The SMILES string of the molecule is CN[C@H](C(C)=O)c1ccccc1. The zero-order valence-electron chi connectivity index (χ0n) is 7.37. The lowest BCUT2D eigenvalue weighted by Crippen LogP contribution is -2.22. The minimum atomic E-state index is -0.161. The molecule has 1 N–H and O–H groups in total. The van der Waals surface area contributed by atoms with Crippen LogP contribution in [0.1, 0.15) is 18.5 Å². The van der Waals surface area contributed by atoms with Gasteiger partial charge in [0.25, 0.3) is 0 Å². The van der Waals surface area contributed by atoms with Crippen molar-refractivity contribution in [1.29, 1.82) is 0 Å². The molecule has 0 saturated heterocycles. The summed E-state index contributed by atoms with van der Waals surface area (Å²) in [4.78, 5) is 11.1. The Kier molecular flexibility index (Phi) is 3.00. The summed E-state index contributed by atoms with van der Waals surface area (Å²) in [5.41, 5.74) is 1.02. The summed E-state index contributed by atoms with van der Waals surface area (Å²) in [5, 5.41) is 2.97.